The molecule has 0 aliphatic heterocycles. The summed E-state index contributed by atoms with van der Waals surface area (Å²) in [5.74, 6) is -1.51. The van der Waals surface area contributed by atoms with E-state index in [-0.39, 0.29) is 23.6 Å². The Balaban J connectivity index is 1.97. The number of carboxylic acids is 1. The summed E-state index contributed by atoms with van der Waals surface area (Å²) < 4.78 is 0. The predicted octanol–water partition coefficient (Wildman–Crippen LogP) is 0.647. The van der Waals surface area contributed by atoms with E-state index in [0.717, 1.165) is 0 Å². The van der Waals surface area contributed by atoms with E-state index < -0.39 is 5.97 Å². The van der Waals surface area contributed by atoms with Gasteiger partial charge in [0.25, 0.3) is 5.91 Å². The van der Waals surface area contributed by atoms with Crippen LogP contribution >= 0.6 is 0 Å². The smallest absolute Gasteiger partial charge is 0.306 e. The molecule has 2 rings (SSSR count). The maximum atomic E-state index is 11.9. The summed E-state index contributed by atoms with van der Waals surface area (Å²) in [5, 5.41) is 11.7. The first-order valence-corrected chi connectivity index (χ1v) is 5.82. The molecule has 2 atom stereocenters. The third-order valence-electron chi connectivity index (χ3n) is 3.17. The van der Waals surface area contributed by atoms with E-state index in [1.165, 1.54) is 6.20 Å². The fourth-order valence-corrected chi connectivity index (χ4v) is 2.20. The van der Waals surface area contributed by atoms with Crippen molar-refractivity contribution < 1.29 is 14.7 Å². The second-order valence-electron chi connectivity index (χ2n) is 4.46. The van der Waals surface area contributed by atoms with Gasteiger partial charge in [0.1, 0.15) is 0 Å². The maximum Gasteiger partial charge on any atom is 0.306 e. The van der Waals surface area contributed by atoms with Crippen LogP contribution in [-0.4, -0.2) is 28.0 Å². The first-order valence-electron chi connectivity index (χ1n) is 5.82. The standard InChI is InChI=1S/C12H15N3O3/c13-9-2-1-5-14-10(9)11(16)15-8-4-3-7(6-8)12(17)18/h1-2,5,7-8H,3-4,6,13H2,(H,15,16)(H,17,18). The fraction of sp³-hybridized carbons (Fsp3) is 0.417. The summed E-state index contributed by atoms with van der Waals surface area (Å²) in [7, 11) is 0. The van der Waals surface area contributed by atoms with E-state index in [1.54, 1.807) is 12.1 Å². The summed E-state index contributed by atoms with van der Waals surface area (Å²) in [5.41, 5.74) is 6.17. The van der Waals surface area contributed by atoms with Crippen LogP contribution < -0.4 is 11.1 Å². The lowest BCUT2D eigenvalue weighted by Crippen LogP contribution is -2.34. The van der Waals surface area contributed by atoms with Crippen molar-refractivity contribution in [2.75, 3.05) is 5.73 Å². The highest BCUT2D eigenvalue weighted by Crippen LogP contribution is 2.26. The number of nitrogens with two attached hydrogens (primary N) is 1. The largest absolute Gasteiger partial charge is 0.481 e. The minimum absolute atomic E-state index is 0.111. The van der Waals surface area contributed by atoms with Gasteiger partial charge in [-0.3, -0.25) is 9.59 Å². The summed E-state index contributed by atoms with van der Waals surface area (Å²) in [4.78, 5) is 26.6. The van der Waals surface area contributed by atoms with Crippen molar-refractivity contribution >= 4 is 17.6 Å². The molecular formula is C12H15N3O3. The Morgan fingerprint density at radius 2 is 2.22 bits per heavy atom. The second-order valence-corrected chi connectivity index (χ2v) is 4.46. The molecule has 6 heteroatoms. The van der Waals surface area contributed by atoms with Crippen LogP contribution in [0.4, 0.5) is 5.69 Å². The number of hydrogen-bond acceptors (Lipinski definition) is 4. The lowest BCUT2D eigenvalue weighted by atomic mass is 10.1. The number of nitrogens with zero attached hydrogens (tertiary/aromatic N) is 1. The number of aliphatic carboxylic acids is 1. The molecular weight excluding hydrogens is 234 g/mol. The zero-order valence-corrected chi connectivity index (χ0v) is 9.80. The summed E-state index contributed by atoms with van der Waals surface area (Å²) in [6.07, 6.45) is 3.24. The normalized spacial score (nSPS) is 22.7. The number of aromatic nitrogens is 1. The molecule has 1 aromatic heterocycles. The average Bonchev–Trinajstić information content (AvgIpc) is 2.78. The Bertz CT molecular complexity index is 475. The van der Waals surface area contributed by atoms with Crippen LogP contribution in [0.5, 0.6) is 0 Å². The van der Waals surface area contributed by atoms with Crippen LogP contribution in [-0.2, 0) is 4.79 Å². The third kappa shape index (κ3) is 2.58. The topological polar surface area (TPSA) is 105 Å². The zero-order chi connectivity index (χ0) is 13.1. The molecule has 96 valence electrons. The molecule has 1 saturated carbocycles. The van der Waals surface area contributed by atoms with Crippen LogP contribution in [0.25, 0.3) is 0 Å². The van der Waals surface area contributed by atoms with Crippen LogP contribution in [0.1, 0.15) is 29.8 Å². The molecule has 1 aliphatic rings. The number of rotatable bonds is 3. The van der Waals surface area contributed by atoms with Gasteiger partial charge in [-0.05, 0) is 31.4 Å². The van der Waals surface area contributed by atoms with Crippen LogP contribution in [0.3, 0.4) is 0 Å². The molecule has 0 radical (unpaired) electrons. The number of carbonyl (C=O) groups is 2. The Morgan fingerprint density at radius 1 is 1.44 bits per heavy atom. The van der Waals surface area contributed by atoms with Crippen molar-refractivity contribution in [1.82, 2.24) is 10.3 Å². The Labute approximate surface area is 104 Å². The van der Waals surface area contributed by atoms with Gasteiger partial charge in [-0.15, -0.1) is 0 Å². The fourth-order valence-electron chi connectivity index (χ4n) is 2.20. The van der Waals surface area contributed by atoms with Gasteiger partial charge >= 0.3 is 5.97 Å². The number of nitrogens with one attached hydrogen (secondary N) is 1. The van der Waals surface area contributed by atoms with Crippen molar-refractivity contribution in [2.45, 2.75) is 25.3 Å². The number of carbonyl (C=O) groups excluding carboxylic acids is 1. The van der Waals surface area contributed by atoms with E-state index in [1.807, 2.05) is 0 Å². The van der Waals surface area contributed by atoms with Gasteiger partial charge in [0.15, 0.2) is 5.69 Å². The quantitative estimate of drug-likeness (QED) is 0.729. The average molecular weight is 249 g/mol. The van der Waals surface area contributed by atoms with Crippen molar-refractivity contribution in [3.8, 4) is 0 Å². The monoisotopic (exact) mass is 249 g/mol. The molecule has 0 aromatic carbocycles. The SMILES string of the molecule is Nc1cccnc1C(=O)NC1CCC(C(=O)O)C1. The van der Waals surface area contributed by atoms with Crippen molar-refractivity contribution in [2.24, 2.45) is 5.92 Å². The molecule has 1 aliphatic carbocycles. The van der Waals surface area contributed by atoms with Crippen molar-refractivity contribution in [3.05, 3.63) is 24.0 Å². The molecule has 0 spiro atoms. The van der Waals surface area contributed by atoms with Crippen LogP contribution in [0.15, 0.2) is 18.3 Å². The highest BCUT2D eigenvalue weighted by Gasteiger charge is 2.31. The van der Waals surface area contributed by atoms with Gasteiger partial charge in [0.2, 0.25) is 0 Å². The molecule has 6 nitrogen and oxygen atoms in total. The number of nitrogen functional groups attached to an aromatic ring is 1. The lowest BCUT2D eigenvalue weighted by molar-refractivity contribution is -0.141. The van der Waals surface area contributed by atoms with Crippen LogP contribution in [0.2, 0.25) is 0 Å². The van der Waals surface area contributed by atoms with E-state index in [4.69, 9.17) is 10.8 Å². The molecule has 0 bridgehead atoms. The van der Waals surface area contributed by atoms with E-state index in [9.17, 15) is 9.59 Å². The molecule has 2 unspecified atom stereocenters. The van der Waals surface area contributed by atoms with Gasteiger partial charge < -0.3 is 16.2 Å². The van der Waals surface area contributed by atoms with E-state index in [2.05, 4.69) is 10.3 Å². The van der Waals surface area contributed by atoms with Gasteiger partial charge in [-0.2, -0.15) is 0 Å². The lowest BCUT2D eigenvalue weighted by Gasteiger charge is -2.12. The molecule has 4 N–H and O–H groups in total. The maximum absolute atomic E-state index is 11.9. The highest BCUT2D eigenvalue weighted by atomic mass is 16.4. The van der Waals surface area contributed by atoms with Gasteiger partial charge in [0, 0.05) is 12.2 Å². The summed E-state index contributed by atoms with van der Waals surface area (Å²) in [6.45, 7) is 0. The highest BCUT2D eigenvalue weighted by molar-refractivity contribution is 5.97. The Hall–Kier alpha value is -2.11. The van der Waals surface area contributed by atoms with Crippen molar-refractivity contribution in [1.29, 1.82) is 0 Å². The van der Waals surface area contributed by atoms with E-state index in [0.29, 0.717) is 24.9 Å². The number of amides is 1. The number of pyridine rings is 1. The summed E-state index contributed by atoms with van der Waals surface area (Å²) in [6, 6.07) is 3.15. The molecule has 1 aromatic rings. The van der Waals surface area contributed by atoms with Gasteiger partial charge in [-0.25, -0.2) is 4.98 Å². The number of carboxylic acid groups (broad SMARTS) is 1. The first-order chi connectivity index (χ1) is 8.58. The molecule has 18 heavy (non-hydrogen) atoms. The zero-order valence-electron chi connectivity index (χ0n) is 9.80. The molecule has 1 heterocycles. The Kier molecular flexibility index (Phi) is 3.45. The molecule has 1 amide bonds. The number of hydrogen-bond donors (Lipinski definition) is 3. The summed E-state index contributed by atoms with van der Waals surface area (Å²) >= 11 is 0. The molecule has 0 saturated heterocycles. The van der Waals surface area contributed by atoms with Crippen molar-refractivity contribution in [3.63, 3.8) is 0 Å². The van der Waals surface area contributed by atoms with Gasteiger partial charge in [0.05, 0.1) is 11.6 Å². The minimum atomic E-state index is -0.802. The third-order valence-corrected chi connectivity index (χ3v) is 3.17. The minimum Gasteiger partial charge on any atom is -0.481 e. The first kappa shape index (κ1) is 12.3. The second kappa shape index (κ2) is 5.03. The predicted molar refractivity (Wildman–Crippen MR) is 64.9 cm³/mol. The molecule has 1 fully saturated rings. The van der Waals surface area contributed by atoms with Gasteiger partial charge in [-0.1, -0.05) is 0 Å². The van der Waals surface area contributed by atoms with E-state index >= 15 is 0 Å². The number of anilines is 1. The van der Waals surface area contributed by atoms with Crippen LogP contribution in [0, 0.1) is 5.92 Å². The Morgan fingerprint density at radius 3 is 2.83 bits per heavy atom.